The van der Waals surface area contributed by atoms with E-state index in [9.17, 15) is 24.3 Å². The lowest BCUT2D eigenvalue weighted by molar-refractivity contribution is -0.143. The van der Waals surface area contributed by atoms with Crippen molar-refractivity contribution in [3.63, 3.8) is 0 Å². The monoisotopic (exact) mass is 457 g/mol. The van der Waals surface area contributed by atoms with Crippen LogP contribution in [0.15, 0.2) is 29.1 Å². The number of nitrogens with one attached hydrogen (secondary N) is 3. The Morgan fingerprint density at radius 2 is 1.85 bits per heavy atom. The fourth-order valence-electron chi connectivity index (χ4n) is 4.02. The van der Waals surface area contributed by atoms with E-state index in [-0.39, 0.29) is 42.1 Å². The van der Waals surface area contributed by atoms with Crippen LogP contribution in [0, 0.1) is 0 Å². The molecule has 5 rings (SSSR count). The maximum atomic E-state index is 13.4. The van der Waals surface area contributed by atoms with Gasteiger partial charge < -0.3 is 36.4 Å². The normalized spacial score (nSPS) is 18.3. The van der Waals surface area contributed by atoms with E-state index in [2.05, 4.69) is 20.6 Å². The van der Waals surface area contributed by atoms with Crippen LogP contribution in [-0.2, 0) is 9.59 Å². The topological polar surface area (TPSA) is 194 Å². The summed E-state index contributed by atoms with van der Waals surface area (Å²) in [6, 6.07) is 4.74. The number of nitrogens with zero attached hydrogens (tertiary/aromatic N) is 3. The van der Waals surface area contributed by atoms with Crippen LogP contribution in [0.25, 0.3) is 0 Å². The first-order valence-corrected chi connectivity index (χ1v) is 10.2. The van der Waals surface area contributed by atoms with Gasteiger partial charge in [-0.15, -0.1) is 0 Å². The van der Waals surface area contributed by atoms with Crippen molar-refractivity contribution in [2.45, 2.75) is 24.9 Å². The highest BCUT2D eigenvalue weighted by atomic mass is 16.4. The number of nitrogens with two attached hydrogens (primary N) is 1. The number of fused-ring (bicyclic) bond motifs is 6. The number of aliphatic carboxylic acids is 2. The first-order valence-electron chi connectivity index (χ1n) is 10.2. The summed E-state index contributed by atoms with van der Waals surface area (Å²) < 4.78 is 0. The molecule has 7 N–H and O–H groups in total. The Kier molecular flexibility index (Phi) is 5.77. The highest BCUT2D eigenvalue weighted by Gasteiger charge is 2.37. The van der Waals surface area contributed by atoms with Crippen LogP contribution in [0.2, 0.25) is 0 Å². The van der Waals surface area contributed by atoms with Crippen LogP contribution in [0.1, 0.15) is 23.2 Å². The fraction of sp³-hybridized carbons (Fsp3) is 0.350. The van der Waals surface area contributed by atoms with Crippen LogP contribution in [0.5, 0.6) is 0 Å². The maximum absolute atomic E-state index is 13.4. The van der Waals surface area contributed by atoms with E-state index in [0.29, 0.717) is 13.1 Å². The van der Waals surface area contributed by atoms with Crippen molar-refractivity contribution in [2.75, 3.05) is 41.0 Å². The van der Waals surface area contributed by atoms with Crippen LogP contribution in [-0.4, -0.2) is 74.8 Å². The largest absolute Gasteiger partial charge is 0.481 e. The van der Waals surface area contributed by atoms with Gasteiger partial charge in [-0.3, -0.25) is 19.4 Å². The number of benzene rings is 1. The molecule has 174 valence electrons. The van der Waals surface area contributed by atoms with Crippen LogP contribution >= 0.6 is 0 Å². The van der Waals surface area contributed by atoms with Crippen molar-refractivity contribution in [1.29, 1.82) is 0 Å². The third kappa shape index (κ3) is 4.37. The minimum atomic E-state index is -1.43. The lowest BCUT2D eigenvalue weighted by Crippen LogP contribution is -2.58. The van der Waals surface area contributed by atoms with Gasteiger partial charge in [0.25, 0.3) is 11.5 Å². The summed E-state index contributed by atoms with van der Waals surface area (Å²) in [4.78, 5) is 58.7. The van der Waals surface area contributed by atoms with E-state index in [1.807, 2.05) is 0 Å². The summed E-state index contributed by atoms with van der Waals surface area (Å²) >= 11 is 0. The number of aromatic amines is 1. The number of hydrogen-bond acceptors (Lipinski definition) is 9. The van der Waals surface area contributed by atoms with E-state index >= 15 is 0 Å². The molecule has 1 aromatic heterocycles. The summed E-state index contributed by atoms with van der Waals surface area (Å²) in [6.45, 7) is 0.429. The molecule has 0 fully saturated rings. The van der Waals surface area contributed by atoms with Crippen molar-refractivity contribution < 1.29 is 24.6 Å². The average molecular weight is 457 g/mol. The second-order valence-corrected chi connectivity index (χ2v) is 7.81. The molecule has 0 spiro atoms. The molecule has 0 saturated heterocycles. The number of carbonyl (C=O) groups is 3. The van der Waals surface area contributed by atoms with E-state index in [4.69, 9.17) is 10.8 Å². The van der Waals surface area contributed by atoms with Crippen molar-refractivity contribution >= 4 is 41.0 Å². The summed E-state index contributed by atoms with van der Waals surface area (Å²) in [7, 11) is 0. The van der Waals surface area contributed by atoms with Gasteiger partial charge in [0.2, 0.25) is 5.95 Å². The number of H-pyrrole nitrogens is 1. The summed E-state index contributed by atoms with van der Waals surface area (Å²) in [5.74, 6) is -2.99. The number of anilines is 4. The summed E-state index contributed by atoms with van der Waals surface area (Å²) in [5, 5.41) is 25.3. The Balaban J connectivity index is 1.82. The van der Waals surface area contributed by atoms with Gasteiger partial charge in [-0.1, -0.05) is 0 Å². The Morgan fingerprint density at radius 1 is 1.15 bits per heavy atom. The minimum absolute atomic E-state index is 0.0870. The third-order valence-corrected chi connectivity index (χ3v) is 5.68. The second-order valence-electron chi connectivity index (χ2n) is 7.81. The van der Waals surface area contributed by atoms with E-state index in [1.54, 1.807) is 29.2 Å². The van der Waals surface area contributed by atoms with Gasteiger partial charge in [0.05, 0.1) is 12.7 Å². The lowest BCUT2D eigenvalue weighted by atomic mass is 10.1. The number of nitrogen functional groups attached to an aromatic ring is 1. The molecule has 13 heteroatoms. The van der Waals surface area contributed by atoms with Gasteiger partial charge in [0.1, 0.15) is 11.7 Å². The Hall–Kier alpha value is -4.29. The number of rotatable bonds is 5. The van der Waals surface area contributed by atoms with E-state index < -0.39 is 35.9 Å². The number of carboxylic acids is 2. The molecule has 0 aliphatic carbocycles. The molecule has 0 saturated carbocycles. The zero-order valence-electron chi connectivity index (χ0n) is 17.4. The third-order valence-electron chi connectivity index (χ3n) is 5.68. The van der Waals surface area contributed by atoms with Crippen LogP contribution < -0.4 is 26.8 Å². The van der Waals surface area contributed by atoms with Gasteiger partial charge in [0.15, 0.2) is 5.82 Å². The number of carboxylic acid groups (broad SMARTS) is 2. The van der Waals surface area contributed by atoms with Crippen LogP contribution in [0.3, 0.4) is 0 Å². The first kappa shape index (κ1) is 21.9. The molecule has 1 amide bonds. The highest BCUT2D eigenvalue weighted by Crippen LogP contribution is 2.29. The number of amides is 1. The Labute approximate surface area is 187 Å². The van der Waals surface area contributed by atoms with Crippen molar-refractivity contribution in [3.05, 3.63) is 40.2 Å². The zero-order chi connectivity index (χ0) is 23.7. The predicted octanol–water partition coefficient (Wildman–Crippen LogP) is -0.204. The van der Waals surface area contributed by atoms with Crippen molar-refractivity contribution in [2.24, 2.45) is 0 Å². The molecule has 33 heavy (non-hydrogen) atoms. The number of carbonyl (C=O) groups excluding carboxylic acids is 1. The van der Waals surface area contributed by atoms with Gasteiger partial charge in [0, 0.05) is 30.8 Å². The lowest BCUT2D eigenvalue weighted by Gasteiger charge is -2.42. The standard InChI is InChI=1S/C20H23N7O6/c21-20-24-16-15(17(30)25-20)26-9-27(13(19(32)33)5-6-14(28)29)18(31)10-1-3-11(4-2-10)22-7-12(26)8-23-16/h1-4,12-13,22H,5-9H2,(H,28,29)(H,32,33)(H4,21,23,24,25,30)/t12?,13-/m0/s1. The smallest absolute Gasteiger partial charge is 0.326 e. The van der Waals surface area contributed by atoms with Gasteiger partial charge >= 0.3 is 11.9 Å². The predicted molar refractivity (Wildman–Crippen MR) is 118 cm³/mol. The fourth-order valence-corrected chi connectivity index (χ4v) is 4.02. The number of hydrogen-bond donors (Lipinski definition) is 6. The van der Waals surface area contributed by atoms with Crippen molar-refractivity contribution in [3.8, 4) is 0 Å². The molecule has 2 aromatic rings. The molecule has 3 aliphatic heterocycles. The van der Waals surface area contributed by atoms with E-state index in [1.165, 1.54) is 0 Å². The molecule has 1 aromatic carbocycles. The quantitative estimate of drug-likeness (QED) is 0.348. The highest BCUT2D eigenvalue weighted by molar-refractivity contribution is 5.97. The van der Waals surface area contributed by atoms with Gasteiger partial charge in [-0.2, -0.15) is 4.98 Å². The molecule has 2 bridgehead atoms. The molecular formula is C20H23N7O6. The van der Waals surface area contributed by atoms with Gasteiger partial charge in [-0.25, -0.2) is 4.79 Å². The van der Waals surface area contributed by atoms with Gasteiger partial charge in [-0.05, 0) is 30.7 Å². The molecule has 3 aliphatic rings. The average Bonchev–Trinajstić information content (AvgIpc) is 2.80. The first-order chi connectivity index (χ1) is 15.7. The molecule has 13 nitrogen and oxygen atoms in total. The summed E-state index contributed by atoms with van der Waals surface area (Å²) in [6.07, 6.45) is -0.742. The Morgan fingerprint density at radius 3 is 2.52 bits per heavy atom. The molecule has 4 heterocycles. The molecule has 0 radical (unpaired) electrons. The second kappa shape index (κ2) is 8.68. The van der Waals surface area contributed by atoms with Crippen molar-refractivity contribution in [1.82, 2.24) is 14.9 Å². The SMILES string of the molecule is Nc1nc2c(c(=O)[nH]1)N1CN([C@@H](CCC(=O)O)C(=O)O)C(=O)c3ccc(cc3)NCC1CN2. The molecular weight excluding hydrogens is 434 g/mol. The zero-order valence-corrected chi connectivity index (χ0v) is 17.4. The summed E-state index contributed by atoms with van der Waals surface area (Å²) in [5.41, 5.74) is 6.21. The van der Waals surface area contributed by atoms with Crippen LogP contribution in [0.4, 0.5) is 23.1 Å². The minimum Gasteiger partial charge on any atom is -0.481 e. The molecule has 1 unspecified atom stereocenters. The molecule has 2 atom stereocenters. The number of aromatic nitrogens is 2. The maximum Gasteiger partial charge on any atom is 0.326 e. The van der Waals surface area contributed by atoms with E-state index in [0.717, 1.165) is 10.6 Å². The Bertz CT molecular complexity index is 1150.